The number of benzene rings is 2. The molecule has 31 heavy (non-hydrogen) atoms. The van der Waals surface area contributed by atoms with E-state index in [1.807, 2.05) is 38.1 Å². The van der Waals surface area contributed by atoms with Gasteiger partial charge in [0.15, 0.2) is 11.5 Å². The minimum Gasteiger partial charge on any atom is -0.493 e. The van der Waals surface area contributed by atoms with E-state index in [-0.39, 0.29) is 18.9 Å². The van der Waals surface area contributed by atoms with Crippen molar-refractivity contribution in [3.8, 4) is 11.5 Å². The standard InChI is InChI=1S/C23H32N2O5S/c1-17-9-11-20(14-18(17)2)25(31(6,27)28)13-7-8-23(26)24(3)16-19-10-12-21(29-4)22(15-19)30-5/h9-12,14-15H,7-8,13,16H2,1-6H3. The lowest BCUT2D eigenvalue weighted by Crippen LogP contribution is -2.32. The Balaban J connectivity index is 1.99. The summed E-state index contributed by atoms with van der Waals surface area (Å²) in [4.78, 5) is 14.2. The molecule has 170 valence electrons. The van der Waals surface area contributed by atoms with Gasteiger partial charge in [0, 0.05) is 26.6 Å². The van der Waals surface area contributed by atoms with Gasteiger partial charge in [-0.05, 0) is 61.2 Å². The number of amides is 1. The lowest BCUT2D eigenvalue weighted by Gasteiger charge is -2.24. The predicted molar refractivity (Wildman–Crippen MR) is 123 cm³/mol. The highest BCUT2D eigenvalue weighted by Crippen LogP contribution is 2.28. The van der Waals surface area contributed by atoms with Gasteiger partial charge in [0.05, 0.1) is 26.2 Å². The molecule has 2 aromatic carbocycles. The van der Waals surface area contributed by atoms with Gasteiger partial charge in [-0.15, -0.1) is 0 Å². The largest absolute Gasteiger partial charge is 0.493 e. The van der Waals surface area contributed by atoms with Crippen molar-refractivity contribution in [3.63, 3.8) is 0 Å². The molecule has 0 aromatic heterocycles. The highest BCUT2D eigenvalue weighted by molar-refractivity contribution is 7.92. The number of hydrogen-bond acceptors (Lipinski definition) is 5. The average Bonchev–Trinajstić information content (AvgIpc) is 2.72. The number of hydrogen-bond donors (Lipinski definition) is 0. The topological polar surface area (TPSA) is 76.2 Å². The van der Waals surface area contributed by atoms with Crippen LogP contribution in [0.3, 0.4) is 0 Å². The van der Waals surface area contributed by atoms with Crippen molar-refractivity contribution >= 4 is 21.6 Å². The lowest BCUT2D eigenvalue weighted by molar-refractivity contribution is -0.130. The third-order valence-corrected chi connectivity index (χ3v) is 6.42. The van der Waals surface area contributed by atoms with Gasteiger partial charge in [-0.1, -0.05) is 12.1 Å². The first-order valence-electron chi connectivity index (χ1n) is 10.1. The first kappa shape index (κ1) is 24.5. The first-order chi connectivity index (χ1) is 14.6. The van der Waals surface area contributed by atoms with Crippen molar-refractivity contribution in [2.24, 2.45) is 0 Å². The molecule has 0 fully saturated rings. The maximum atomic E-state index is 12.6. The van der Waals surface area contributed by atoms with Crippen molar-refractivity contribution in [2.75, 3.05) is 38.4 Å². The summed E-state index contributed by atoms with van der Waals surface area (Å²) < 4.78 is 36.5. The zero-order valence-electron chi connectivity index (χ0n) is 19.1. The normalized spacial score (nSPS) is 11.2. The van der Waals surface area contributed by atoms with E-state index in [9.17, 15) is 13.2 Å². The van der Waals surface area contributed by atoms with Crippen LogP contribution in [0, 0.1) is 13.8 Å². The number of methoxy groups -OCH3 is 2. The van der Waals surface area contributed by atoms with E-state index in [4.69, 9.17) is 9.47 Å². The maximum absolute atomic E-state index is 12.6. The van der Waals surface area contributed by atoms with Gasteiger partial charge in [-0.25, -0.2) is 8.42 Å². The fraction of sp³-hybridized carbons (Fsp3) is 0.435. The van der Waals surface area contributed by atoms with Crippen molar-refractivity contribution in [1.82, 2.24) is 4.90 Å². The van der Waals surface area contributed by atoms with Crippen LogP contribution < -0.4 is 13.8 Å². The Hall–Kier alpha value is -2.74. The Bertz CT molecular complexity index is 1020. The van der Waals surface area contributed by atoms with Gasteiger partial charge >= 0.3 is 0 Å². The van der Waals surface area contributed by atoms with E-state index in [0.29, 0.717) is 30.2 Å². The summed E-state index contributed by atoms with van der Waals surface area (Å²) >= 11 is 0. The van der Waals surface area contributed by atoms with Gasteiger partial charge in [-0.3, -0.25) is 9.10 Å². The minimum atomic E-state index is -3.45. The number of carbonyl (C=O) groups excluding carboxylic acids is 1. The van der Waals surface area contributed by atoms with E-state index in [1.165, 1.54) is 10.6 Å². The molecule has 0 aliphatic heterocycles. The van der Waals surface area contributed by atoms with Gasteiger partial charge < -0.3 is 14.4 Å². The molecule has 0 atom stereocenters. The third-order valence-electron chi connectivity index (χ3n) is 5.22. The highest BCUT2D eigenvalue weighted by atomic mass is 32.2. The Labute approximate surface area is 185 Å². The van der Waals surface area contributed by atoms with Crippen LogP contribution in [0.4, 0.5) is 5.69 Å². The number of rotatable bonds is 10. The number of aryl methyl sites for hydroxylation is 2. The Morgan fingerprint density at radius 3 is 2.23 bits per heavy atom. The van der Waals surface area contributed by atoms with E-state index in [2.05, 4.69) is 0 Å². The second kappa shape index (κ2) is 10.5. The zero-order chi connectivity index (χ0) is 23.2. The van der Waals surface area contributed by atoms with E-state index in [1.54, 1.807) is 38.3 Å². The summed E-state index contributed by atoms with van der Waals surface area (Å²) in [6, 6.07) is 11.1. The van der Waals surface area contributed by atoms with Gasteiger partial charge in [0.25, 0.3) is 0 Å². The van der Waals surface area contributed by atoms with Crippen LogP contribution in [0.2, 0.25) is 0 Å². The number of nitrogens with zero attached hydrogens (tertiary/aromatic N) is 2. The molecule has 0 heterocycles. The van der Waals surface area contributed by atoms with E-state index < -0.39 is 10.0 Å². The maximum Gasteiger partial charge on any atom is 0.232 e. The lowest BCUT2D eigenvalue weighted by atomic mass is 10.1. The predicted octanol–water partition coefficient (Wildman–Crippen LogP) is 3.53. The van der Waals surface area contributed by atoms with Crippen molar-refractivity contribution in [2.45, 2.75) is 33.2 Å². The van der Waals surface area contributed by atoms with Crippen molar-refractivity contribution < 1.29 is 22.7 Å². The fourth-order valence-electron chi connectivity index (χ4n) is 3.27. The quantitative estimate of drug-likeness (QED) is 0.556. The summed E-state index contributed by atoms with van der Waals surface area (Å²) in [7, 11) is 1.43. The second-order valence-corrected chi connectivity index (χ2v) is 9.55. The van der Waals surface area contributed by atoms with E-state index in [0.717, 1.165) is 16.7 Å². The molecule has 0 bridgehead atoms. The van der Waals surface area contributed by atoms with Crippen LogP contribution in [-0.4, -0.2) is 53.3 Å². The highest BCUT2D eigenvalue weighted by Gasteiger charge is 2.19. The monoisotopic (exact) mass is 448 g/mol. The minimum absolute atomic E-state index is 0.0525. The second-order valence-electron chi connectivity index (χ2n) is 7.65. The summed E-state index contributed by atoms with van der Waals surface area (Å²) in [6.45, 7) is 4.60. The molecule has 0 aliphatic rings. The SMILES string of the molecule is COc1ccc(CN(C)C(=O)CCCN(c2ccc(C)c(C)c2)S(C)(=O)=O)cc1OC. The number of sulfonamides is 1. The molecule has 0 N–H and O–H groups in total. The molecule has 0 unspecified atom stereocenters. The molecular weight excluding hydrogens is 416 g/mol. The molecule has 0 radical (unpaired) electrons. The molecule has 0 spiro atoms. The molecule has 0 aliphatic carbocycles. The molecule has 0 saturated heterocycles. The molecule has 7 nitrogen and oxygen atoms in total. The van der Waals surface area contributed by atoms with Crippen LogP contribution in [0.1, 0.15) is 29.5 Å². The number of anilines is 1. The zero-order valence-corrected chi connectivity index (χ0v) is 20.0. The van der Waals surface area contributed by atoms with Crippen LogP contribution in [-0.2, 0) is 21.4 Å². The molecular formula is C23H32N2O5S. The first-order valence-corrected chi connectivity index (χ1v) is 11.9. The molecule has 8 heteroatoms. The average molecular weight is 449 g/mol. The molecule has 0 saturated carbocycles. The summed E-state index contributed by atoms with van der Waals surface area (Å²) in [5.41, 5.74) is 3.67. The van der Waals surface area contributed by atoms with Crippen LogP contribution >= 0.6 is 0 Å². The summed E-state index contributed by atoms with van der Waals surface area (Å²) in [5, 5.41) is 0. The summed E-state index contributed by atoms with van der Waals surface area (Å²) in [6.07, 6.45) is 1.86. The van der Waals surface area contributed by atoms with Gasteiger partial charge in [-0.2, -0.15) is 0 Å². The van der Waals surface area contributed by atoms with Crippen LogP contribution in [0.25, 0.3) is 0 Å². The number of ether oxygens (including phenoxy) is 2. The fourth-order valence-corrected chi connectivity index (χ4v) is 4.23. The Kier molecular flexibility index (Phi) is 8.33. The Morgan fingerprint density at radius 1 is 0.968 bits per heavy atom. The van der Waals surface area contributed by atoms with E-state index >= 15 is 0 Å². The van der Waals surface area contributed by atoms with Crippen LogP contribution in [0.15, 0.2) is 36.4 Å². The molecule has 1 amide bonds. The number of carbonyl (C=O) groups is 1. The van der Waals surface area contributed by atoms with Crippen LogP contribution in [0.5, 0.6) is 11.5 Å². The summed E-state index contributed by atoms with van der Waals surface area (Å²) in [5.74, 6) is 1.19. The smallest absolute Gasteiger partial charge is 0.232 e. The van der Waals surface area contributed by atoms with Gasteiger partial charge in [0.2, 0.25) is 15.9 Å². The molecule has 2 aromatic rings. The van der Waals surface area contributed by atoms with Crippen molar-refractivity contribution in [1.29, 1.82) is 0 Å². The van der Waals surface area contributed by atoms with Gasteiger partial charge in [0.1, 0.15) is 0 Å². The van der Waals surface area contributed by atoms with Crippen molar-refractivity contribution in [3.05, 3.63) is 53.1 Å². The molecule has 2 rings (SSSR count). The Morgan fingerprint density at radius 2 is 1.65 bits per heavy atom. The third kappa shape index (κ3) is 6.62.